The molecule has 1 fully saturated rings. The molecule has 1 aromatic heterocycles. The number of piperazine rings is 1. The minimum absolute atomic E-state index is 0.0791. The van der Waals surface area contributed by atoms with E-state index in [0.29, 0.717) is 0 Å². The molecule has 0 spiro atoms. The van der Waals surface area contributed by atoms with Crippen LogP contribution in [0.4, 0.5) is 0 Å². The lowest BCUT2D eigenvalue weighted by atomic mass is 10.3. The summed E-state index contributed by atoms with van der Waals surface area (Å²) in [5, 5.41) is 10.6. The number of rotatable bonds is 2. The monoisotopic (exact) mass is 210 g/mol. The Bertz CT molecular complexity index is 316. The maximum absolute atomic E-state index is 11.8. The van der Waals surface area contributed by atoms with Gasteiger partial charge >= 0.3 is 0 Å². The molecule has 0 aromatic carbocycles. The SMILES string of the molecule is CN1CCN(C(=O)Cn2cnnn2)CC1. The van der Waals surface area contributed by atoms with Gasteiger partial charge in [-0.3, -0.25) is 4.79 Å². The second kappa shape index (κ2) is 4.35. The fourth-order valence-electron chi connectivity index (χ4n) is 1.55. The van der Waals surface area contributed by atoms with Crippen molar-refractivity contribution in [2.45, 2.75) is 6.54 Å². The van der Waals surface area contributed by atoms with Crippen LogP contribution >= 0.6 is 0 Å². The van der Waals surface area contributed by atoms with Crippen LogP contribution in [-0.4, -0.2) is 69.1 Å². The van der Waals surface area contributed by atoms with Crippen molar-refractivity contribution in [2.75, 3.05) is 33.2 Å². The molecule has 0 atom stereocenters. The van der Waals surface area contributed by atoms with Crippen molar-refractivity contribution < 1.29 is 4.79 Å². The number of carbonyl (C=O) groups excluding carboxylic acids is 1. The highest BCUT2D eigenvalue weighted by atomic mass is 16.2. The van der Waals surface area contributed by atoms with Gasteiger partial charge in [-0.15, -0.1) is 5.10 Å². The normalized spacial score (nSPS) is 18.1. The van der Waals surface area contributed by atoms with Gasteiger partial charge in [0.15, 0.2) is 0 Å². The van der Waals surface area contributed by atoms with Crippen LogP contribution in [0, 0.1) is 0 Å². The van der Waals surface area contributed by atoms with Crippen LogP contribution in [0.1, 0.15) is 0 Å². The smallest absolute Gasteiger partial charge is 0.244 e. The van der Waals surface area contributed by atoms with Crippen LogP contribution in [0.3, 0.4) is 0 Å². The maximum atomic E-state index is 11.8. The van der Waals surface area contributed by atoms with Gasteiger partial charge < -0.3 is 9.80 Å². The number of hydrogen-bond acceptors (Lipinski definition) is 5. The van der Waals surface area contributed by atoms with Gasteiger partial charge in [0, 0.05) is 26.2 Å². The van der Waals surface area contributed by atoms with E-state index in [1.54, 1.807) is 0 Å². The minimum atomic E-state index is 0.0791. The largest absolute Gasteiger partial charge is 0.339 e. The molecule has 82 valence electrons. The van der Waals surface area contributed by atoms with E-state index in [2.05, 4.69) is 27.5 Å². The zero-order valence-electron chi connectivity index (χ0n) is 8.70. The van der Waals surface area contributed by atoms with Crippen molar-refractivity contribution >= 4 is 5.91 Å². The number of amides is 1. The third-order valence-electron chi connectivity index (χ3n) is 2.54. The lowest BCUT2D eigenvalue weighted by Gasteiger charge is -2.32. The van der Waals surface area contributed by atoms with E-state index < -0.39 is 0 Å². The van der Waals surface area contributed by atoms with E-state index in [9.17, 15) is 4.79 Å². The highest BCUT2D eigenvalue weighted by Crippen LogP contribution is 2.00. The standard InChI is InChI=1S/C8H14N6O/c1-12-2-4-13(5-3-12)8(15)6-14-7-9-10-11-14/h7H,2-6H2,1H3. The van der Waals surface area contributed by atoms with Crippen molar-refractivity contribution in [2.24, 2.45) is 0 Å². The first-order valence-corrected chi connectivity index (χ1v) is 4.93. The summed E-state index contributed by atoms with van der Waals surface area (Å²) in [7, 11) is 2.06. The van der Waals surface area contributed by atoms with E-state index in [4.69, 9.17) is 0 Å². The number of likely N-dealkylation sites (N-methyl/N-ethyl adjacent to an activating group) is 1. The molecule has 1 aliphatic rings. The summed E-state index contributed by atoms with van der Waals surface area (Å²) in [6, 6.07) is 0. The molecule has 0 bridgehead atoms. The van der Waals surface area contributed by atoms with Crippen molar-refractivity contribution in [3.63, 3.8) is 0 Å². The Kier molecular flexibility index (Phi) is 2.91. The maximum Gasteiger partial charge on any atom is 0.244 e. The van der Waals surface area contributed by atoms with Crippen LogP contribution in [0.2, 0.25) is 0 Å². The second-order valence-electron chi connectivity index (χ2n) is 3.69. The summed E-state index contributed by atoms with van der Waals surface area (Å²) in [5.41, 5.74) is 0. The number of hydrogen-bond donors (Lipinski definition) is 0. The molecule has 1 amide bonds. The molecule has 2 rings (SSSR count). The first kappa shape index (κ1) is 10.0. The quantitative estimate of drug-likeness (QED) is 0.591. The Labute approximate surface area is 87.6 Å². The van der Waals surface area contributed by atoms with Gasteiger partial charge in [0.2, 0.25) is 5.91 Å². The summed E-state index contributed by atoms with van der Waals surface area (Å²) in [6.07, 6.45) is 1.45. The van der Waals surface area contributed by atoms with E-state index >= 15 is 0 Å². The highest BCUT2D eigenvalue weighted by molar-refractivity contribution is 5.75. The Hall–Kier alpha value is -1.50. The molecule has 0 unspecified atom stereocenters. The minimum Gasteiger partial charge on any atom is -0.339 e. The molecule has 7 nitrogen and oxygen atoms in total. The van der Waals surface area contributed by atoms with Gasteiger partial charge in [0.05, 0.1) is 0 Å². The Balaban J connectivity index is 1.86. The summed E-state index contributed by atoms with van der Waals surface area (Å²) < 4.78 is 1.45. The van der Waals surface area contributed by atoms with Crippen LogP contribution < -0.4 is 0 Å². The Morgan fingerprint density at radius 1 is 1.33 bits per heavy atom. The van der Waals surface area contributed by atoms with Gasteiger partial charge in [0.1, 0.15) is 12.9 Å². The van der Waals surface area contributed by atoms with Gasteiger partial charge in [0.25, 0.3) is 0 Å². The van der Waals surface area contributed by atoms with Crippen molar-refractivity contribution in [3.8, 4) is 0 Å². The Morgan fingerprint density at radius 2 is 2.07 bits per heavy atom. The number of carbonyl (C=O) groups is 1. The molecular formula is C8H14N6O. The fraction of sp³-hybridized carbons (Fsp3) is 0.750. The van der Waals surface area contributed by atoms with Gasteiger partial charge in [-0.25, -0.2) is 4.68 Å². The third-order valence-corrected chi connectivity index (χ3v) is 2.54. The van der Waals surface area contributed by atoms with Crippen molar-refractivity contribution in [1.82, 2.24) is 30.0 Å². The van der Waals surface area contributed by atoms with Crippen LogP contribution in [-0.2, 0) is 11.3 Å². The molecule has 1 aliphatic heterocycles. The van der Waals surface area contributed by atoms with E-state index in [1.807, 2.05) is 4.90 Å². The summed E-state index contributed by atoms with van der Waals surface area (Å²) in [4.78, 5) is 15.8. The summed E-state index contributed by atoms with van der Waals surface area (Å²) in [6.45, 7) is 3.67. The summed E-state index contributed by atoms with van der Waals surface area (Å²) >= 11 is 0. The van der Waals surface area contributed by atoms with Gasteiger partial charge in [-0.1, -0.05) is 0 Å². The van der Waals surface area contributed by atoms with Crippen LogP contribution in [0.15, 0.2) is 6.33 Å². The van der Waals surface area contributed by atoms with E-state index in [-0.39, 0.29) is 12.5 Å². The first-order valence-electron chi connectivity index (χ1n) is 4.93. The molecule has 7 heteroatoms. The number of nitrogens with zero attached hydrogens (tertiary/aromatic N) is 6. The second-order valence-corrected chi connectivity index (χ2v) is 3.69. The predicted octanol–water partition coefficient (Wildman–Crippen LogP) is -1.55. The molecule has 15 heavy (non-hydrogen) atoms. The van der Waals surface area contributed by atoms with E-state index in [0.717, 1.165) is 26.2 Å². The highest BCUT2D eigenvalue weighted by Gasteiger charge is 2.19. The molecule has 1 aromatic rings. The van der Waals surface area contributed by atoms with E-state index in [1.165, 1.54) is 11.0 Å². The molecule has 0 aliphatic carbocycles. The van der Waals surface area contributed by atoms with Crippen molar-refractivity contribution in [1.29, 1.82) is 0 Å². The Morgan fingerprint density at radius 3 is 2.67 bits per heavy atom. The topological polar surface area (TPSA) is 67.2 Å². The summed E-state index contributed by atoms with van der Waals surface area (Å²) in [5.74, 6) is 0.0791. The zero-order chi connectivity index (χ0) is 10.7. The molecule has 0 radical (unpaired) electrons. The molecule has 1 saturated heterocycles. The van der Waals surface area contributed by atoms with Gasteiger partial charge in [-0.2, -0.15) is 0 Å². The lowest BCUT2D eigenvalue weighted by Crippen LogP contribution is -2.48. The third kappa shape index (κ3) is 2.50. The average Bonchev–Trinajstić information content (AvgIpc) is 2.71. The van der Waals surface area contributed by atoms with Crippen molar-refractivity contribution in [3.05, 3.63) is 6.33 Å². The fourth-order valence-corrected chi connectivity index (χ4v) is 1.55. The van der Waals surface area contributed by atoms with Crippen LogP contribution in [0.25, 0.3) is 0 Å². The molecule has 2 heterocycles. The van der Waals surface area contributed by atoms with Gasteiger partial charge in [-0.05, 0) is 17.5 Å². The number of tetrazole rings is 1. The predicted molar refractivity (Wildman–Crippen MR) is 51.9 cm³/mol. The lowest BCUT2D eigenvalue weighted by molar-refractivity contribution is -0.133. The molecule has 0 saturated carbocycles. The zero-order valence-corrected chi connectivity index (χ0v) is 8.70. The molecular weight excluding hydrogens is 196 g/mol. The average molecular weight is 210 g/mol. The van der Waals surface area contributed by atoms with Crippen LogP contribution in [0.5, 0.6) is 0 Å². The number of aromatic nitrogens is 4. The molecule has 0 N–H and O–H groups in total. The first-order chi connectivity index (χ1) is 7.25.